The van der Waals surface area contributed by atoms with Crippen molar-refractivity contribution in [3.63, 3.8) is 0 Å². The van der Waals surface area contributed by atoms with Crippen molar-refractivity contribution in [2.75, 3.05) is 19.7 Å². The van der Waals surface area contributed by atoms with Gasteiger partial charge in [-0.05, 0) is 23.8 Å². The maximum Gasteiger partial charge on any atom is 0.329 e. The molecular formula is C12H21N5O3. The molecule has 2 rings (SSSR count). The SMILES string of the molecule is CCCCn1nnnc1CN1CC(C)(OCC(=O)O)C1. The van der Waals surface area contributed by atoms with Crippen molar-refractivity contribution in [1.29, 1.82) is 0 Å². The summed E-state index contributed by atoms with van der Waals surface area (Å²) in [7, 11) is 0. The van der Waals surface area contributed by atoms with Crippen LogP contribution in [0.15, 0.2) is 0 Å². The number of carbonyl (C=O) groups is 1. The minimum atomic E-state index is -0.937. The first-order valence-electron chi connectivity index (χ1n) is 6.85. The van der Waals surface area contributed by atoms with E-state index in [1.807, 2.05) is 11.6 Å². The van der Waals surface area contributed by atoms with Crippen molar-refractivity contribution >= 4 is 5.97 Å². The summed E-state index contributed by atoms with van der Waals surface area (Å²) in [5, 5.41) is 20.3. The number of aromatic nitrogens is 4. The Hall–Kier alpha value is -1.54. The lowest BCUT2D eigenvalue weighted by Gasteiger charge is -2.47. The number of unbranched alkanes of at least 4 members (excludes halogenated alkanes) is 1. The Labute approximate surface area is 117 Å². The fourth-order valence-corrected chi connectivity index (χ4v) is 2.36. The number of hydrogen-bond acceptors (Lipinski definition) is 6. The Balaban J connectivity index is 1.79. The number of likely N-dealkylation sites (tertiary alicyclic amines) is 1. The highest BCUT2D eigenvalue weighted by atomic mass is 16.5. The molecule has 0 saturated carbocycles. The molecule has 1 aromatic heterocycles. The van der Waals surface area contributed by atoms with Crippen LogP contribution in [-0.4, -0.2) is 61.5 Å². The third kappa shape index (κ3) is 3.73. The zero-order valence-corrected chi connectivity index (χ0v) is 11.9. The average Bonchev–Trinajstić information content (AvgIpc) is 2.79. The van der Waals surface area contributed by atoms with Gasteiger partial charge in [0, 0.05) is 19.6 Å². The monoisotopic (exact) mass is 283 g/mol. The molecule has 0 amide bonds. The number of aliphatic carboxylic acids is 1. The molecule has 0 aliphatic carbocycles. The molecule has 8 heteroatoms. The summed E-state index contributed by atoms with van der Waals surface area (Å²) in [4.78, 5) is 12.6. The number of rotatable bonds is 8. The second kappa shape index (κ2) is 6.27. The van der Waals surface area contributed by atoms with Gasteiger partial charge in [0.1, 0.15) is 6.61 Å². The van der Waals surface area contributed by atoms with Gasteiger partial charge in [0.15, 0.2) is 5.82 Å². The molecule has 8 nitrogen and oxygen atoms in total. The van der Waals surface area contributed by atoms with Crippen LogP contribution in [-0.2, 0) is 22.6 Å². The van der Waals surface area contributed by atoms with Crippen LogP contribution < -0.4 is 0 Å². The maximum absolute atomic E-state index is 10.5. The number of ether oxygens (including phenoxy) is 1. The average molecular weight is 283 g/mol. The Morgan fingerprint density at radius 2 is 2.25 bits per heavy atom. The van der Waals surface area contributed by atoms with E-state index < -0.39 is 5.97 Å². The Kier molecular flexibility index (Phi) is 4.66. The zero-order valence-electron chi connectivity index (χ0n) is 11.9. The first-order chi connectivity index (χ1) is 9.52. The van der Waals surface area contributed by atoms with E-state index in [-0.39, 0.29) is 12.2 Å². The second-order valence-electron chi connectivity index (χ2n) is 5.45. The molecule has 0 atom stereocenters. The van der Waals surface area contributed by atoms with Crippen molar-refractivity contribution in [2.24, 2.45) is 0 Å². The van der Waals surface area contributed by atoms with E-state index in [0.717, 1.165) is 25.2 Å². The summed E-state index contributed by atoms with van der Waals surface area (Å²) in [6.07, 6.45) is 2.15. The minimum Gasteiger partial charge on any atom is -0.480 e. The van der Waals surface area contributed by atoms with Crippen LogP contribution in [0.2, 0.25) is 0 Å². The first kappa shape index (κ1) is 14.9. The number of carboxylic acids is 1. The molecule has 0 spiro atoms. The van der Waals surface area contributed by atoms with Gasteiger partial charge in [-0.3, -0.25) is 4.90 Å². The van der Waals surface area contributed by atoms with Gasteiger partial charge in [0.25, 0.3) is 0 Å². The quantitative estimate of drug-likeness (QED) is 0.725. The molecule has 1 N–H and O–H groups in total. The number of nitrogens with zero attached hydrogens (tertiary/aromatic N) is 5. The van der Waals surface area contributed by atoms with Crippen LogP contribution in [0.4, 0.5) is 0 Å². The summed E-state index contributed by atoms with van der Waals surface area (Å²) < 4.78 is 7.20. The number of aryl methyl sites for hydroxylation is 1. The second-order valence-corrected chi connectivity index (χ2v) is 5.45. The largest absolute Gasteiger partial charge is 0.480 e. The number of tetrazole rings is 1. The van der Waals surface area contributed by atoms with E-state index in [2.05, 4.69) is 27.3 Å². The molecule has 1 fully saturated rings. The predicted molar refractivity (Wildman–Crippen MR) is 70.0 cm³/mol. The molecule has 0 radical (unpaired) electrons. The van der Waals surface area contributed by atoms with Gasteiger partial charge in [-0.2, -0.15) is 0 Å². The van der Waals surface area contributed by atoms with Gasteiger partial charge >= 0.3 is 5.97 Å². The zero-order chi connectivity index (χ0) is 14.6. The highest BCUT2D eigenvalue weighted by Crippen LogP contribution is 2.25. The molecule has 1 aromatic rings. The predicted octanol–water partition coefficient (Wildman–Crippen LogP) is 0.149. The van der Waals surface area contributed by atoms with Crippen LogP contribution in [0, 0.1) is 0 Å². The lowest BCUT2D eigenvalue weighted by atomic mass is 9.96. The standard InChI is InChI=1S/C12H21N5O3/c1-3-4-5-17-10(13-14-15-17)6-16-8-12(2,9-16)20-7-11(18)19/h3-9H2,1-2H3,(H,18,19). The molecule has 1 aliphatic rings. The lowest BCUT2D eigenvalue weighted by molar-refractivity contribution is -0.166. The lowest BCUT2D eigenvalue weighted by Crippen LogP contribution is -2.61. The molecule has 0 aromatic carbocycles. The third-order valence-electron chi connectivity index (χ3n) is 3.35. The molecule has 20 heavy (non-hydrogen) atoms. The van der Waals surface area contributed by atoms with E-state index in [0.29, 0.717) is 19.6 Å². The van der Waals surface area contributed by atoms with Gasteiger partial charge in [-0.15, -0.1) is 5.10 Å². The van der Waals surface area contributed by atoms with Crippen LogP contribution in [0.25, 0.3) is 0 Å². The first-order valence-corrected chi connectivity index (χ1v) is 6.85. The topological polar surface area (TPSA) is 93.4 Å². The Morgan fingerprint density at radius 3 is 2.90 bits per heavy atom. The van der Waals surface area contributed by atoms with E-state index >= 15 is 0 Å². The number of hydrogen-bond donors (Lipinski definition) is 1. The normalized spacial score (nSPS) is 17.9. The fourth-order valence-electron chi connectivity index (χ4n) is 2.36. The van der Waals surface area contributed by atoms with Gasteiger partial charge in [0.2, 0.25) is 0 Å². The van der Waals surface area contributed by atoms with Crippen molar-refractivity contribution in [3.05, 3.63) is 5.82 Å². The number of carboxylic acid groups (broad SMARTS) is 1. The van der Waals surface area contributed by atoms with Crippen LogP contribution >= 0.6 is 0 Å². The van der Waals surface area contributed by atoms with Crippen molar-refractivity contribution in [2.45, 2.75) is 45.4 Å². The summed E-state index contributed by atoms with van der Waals surface area (Å²) in [6, 6.07) is 0. The molecule has 112 valence electrons. The van der Waals surface area contributed by atoms with Gasteiger partial charge in [-0.1, -0.05) is 13.3 Å². The van der Waals surface area contributed by atoms with E-state index in [1.54, 1.807) is 0 Å². The van der Waals surface area contributed by atoms with Crippen molar-refractivity contribution in [1.82, 2.24) is 25.1 Å². The summed E-state index contributed by atoms with van der Waals surface area (Å²) >= 11 is 0. The van der Waals surface area contributed by atoms with Gasteiger partial charge < -0.3 is 9.84 Å². The summed E-state index contributed by atoms with van der Waals surface area (Å²) in [6.45, 7) is 6.69. The van der Waals surface area contributed by atoms with Crippen LogP contribution in [0.3, 0.4) is 0 Å². The van der Waals surface area contributed by atoms with Gasteiger partial charge in [0.05, 0.1) is 12.1 Å². The van der Waals surface area contributed by atoms with E-state index in [1.165, 1.54) is 0 Å². The van der Waals surface area contributed by atoms with E-state index in [4.69, 9.17) is 9.84 Å². The third-order valence-corrected chi connectivity index (χ3v) is 3.35. The Morgan fingerprint density at radius 1 is 1.50 bits per heavy atom. The van der Waals surface area contributed by atoms with Crippen molar-refractivity contribution in [3.8, 4) is 0 Å². The fraction of sp³-hybridized carbons (Fsp3) is 0.833. The van der Waals surface area contributed by atoms with Crippen LogP contribution in [0.5, 0.6) is 0 Å². The Bertz CT molecular complexity index is 456. The van der Waals surface area contributed by atoms with Gasteiger partial charge in [-0.25, -0.2) is 9.48 Å². The molecule has 1 saturated heterocycles. The highest BCUT2D eigenvalue weighted by molar-refractivity contribution is 5.68. The molecule has 0 unspecified atom stereocenters. The molecule has 0 bridgehead atoms. The minimum absolute atomic E-state index is 0.251. The highest BCUT2D eigenvalue weighted by Gasteiger charge is 2.40. The van der Waals surface area contributed by atoms with Crippen molar-refractivity contribution < 1.29 is 14.6 Å². The van der Waals surface area contributed by atoms with E-state index in [9.17, 15) is 4.79 Å². The summed E-state index contributed by atoms with van der Waals surface area (Å²) in [5.74, 6) is -0.0908. The molecular weight excluding hydrogens is 262 g/mol. The molecule has 1 aliphatic heterocycles. The molecule has 2 heterocycles. The van der Waals surface area contributed by atoms with Crippen LogP contribution in [0.1, 0.15) is 32.5 Å². The smallest absolute Gasteiger partial charge is 0.329 e. The summed E-state index contributed by atoms with van der Waals surface area (Å²) in [5.41, 5.74) is -0.375. The maximum atomic E-state index is 10.5.